The number of nitrogens with two attached hydrogens (primary N) is 1. The third kappa shape index (κ3) is 4.83. The van der Waals surface area contributed by atoms with E-state index in [0.29, 0.717) is 13.0 Å². The third-order valence-corrected chi connectivity index (χ3v) is 3.88. The summed E-state index contributed by atoms with van der Waals surface area (Å²) in [6.45, 7) is 4.61. The molecule has 2 aromatic carbocycles. The van der Waals surface area contributed by atoms with Gasteiger partial charge in [0.25, 0.3) is 0 Å². The first-order chi connectivity index (χ1) is 11.7. The minimum Gasteiger partial charge on any atom is -0.494 e. The Morgan fingerprint density at radius 3 is 2.25 bits per heavy atom. The van der Waals surface area contributed by atoms with Crippen molar-refractivity contribution in [2.75, 3.05) is 6.61 Å². The number of carbonyl (C=O) groups excluding carboxylic acids is 1. The van der Waals surface area contributed by atoms with Gasteiger partial charge in [-0.15, -0.1) is 0 Å². The Labute approximate surface area is 144 Å². The fourth-order valence-electron chi connectivity index (χ4n) is 2.62. The lowest BCUT2D eigenvalue weighted by molar-refractivity contribution is -0.123. The lowest BCUT2D eigenvalue weighted by Crippen LogP contribution is -2.42. The van der Waals surface area contributed by atoms with Crippen LogP contribution in [-0.2, 0) is 4.79 Å². The highest BCUT2D eigenvalue weighted by atomic mass is 16.5. The molecule has 0 saturated heterocycles. The molecule has 0 bridgehead atoms. The first-order valence-corrected chi connectivity index (χ1v) is 8.49. The van der Waals surface area contributed by atoms with Crippen molar-refractivity contribution >= 4 is 5.91 Å². The first-order valence-electron chi connectivity index (χ1n) is 8.49. The Hall–Kier alpha value is -2.33. The summed E-state index contributed by atoms with van der Waals surface area (Å²) in [4.78, 5) is 12.4. The summed E-state index contributed by atoms with van der Waals surface area (Å²) in [5, 5.41) is 3.08. The minimum atomic E-state index is -0.482. The number of rotatable bonds is 8. The van der Waals surface area contributed by atoms with Crippen LogP contribution in [0.25, 0.3) is 0 Å². The van der Waals surface area contributed by atoms with E-state index in [0.717, 1.165) is 23.3 Å². The van der Waals surface area contributed by atoms with Crippen molar-refractivity contribution in [2.24, 2.45) is 5.73 Å². The van der Waals surface area contributed by atoms with Crippen molar-refractivity contribution in [3.05, 3.63) is 65.7 Å². The Kier molecular flexibility index (Phi) is 6.82. The van der Waals surface area contributed by atoms with Gasteiger partial charge in [0, 0.05) is 0 Å². The van der Waals surface area contributed by atoms with E-state index in [1.807, 2.05) is 68.4 Å². The highest BCUT2D eigenvalue weighted by molar-refractivity contribution is 5.82. The third-order valence-electron chi connectivity index (χ3n) is 3.88. The van der Waals surface area contributed by atoms with E-state index in [1.165, 1.54) is 0 Å². The normalized spacial score (nSPS) is 13.1. The van der Waals surface area contributed by atoms with Crippen LogP contribution in [0.15, 0.2) is 54.6 Å². The van der Waals surface area contributed by atoms with Crippen LogP contribution in [0.3, 0.4) is 0 Å². The van der Waals surface area contributed by atoms with Gasteiger partial charge in [0.1, 0.15) is 5.75 Å². The van der Waals surface area contributed by atoms with Crippen LogP contribution >= 0.6 is 0 Å². The van der Waals surface area contributed by atoms with E-state index in [4.69, 9.17) is 10.5 Å². The lowest BCUT2D eigenvalue weighted by atomic mass is 9.98. The molecule has 2 rings (SSSR count). The van der Waals surface area contributed by atoms with Crippen LogP contribution in [0.1, 0.15) is 43.9 Å². The number of benzene rings is 2. The van der Waals surface area contributed by atoms with Gasteiger partial charge in [-0.3, -0.25) is 4.79 Å². The zero-order chi connectivity index (χ0) is 17.4. The lowest BCUT2D eigenvalue weighted by Gasteiger charge is -2.22. The van der Waals surface area contributed by atoms with E-state index in [-0.39, 0.29) is 11.9 Å². The summed E-state index contributed by atoms with van der Waals surface area (Å²) in [7, 11) is 0. The second-order valence-electron chi connectivity index (χ2n) is 5.75. The number of nitrogens with one attached hydrogen (secondary N) is 1. The Bertz CT molecular complexity index is 626. The average Bonchev–Trinajstić information content (AvgIpc) is 2.61. The Balaban J connectivity index is 2.24. The highest BCUT2D eigenvalue weighted by Crippen LogP contribution is 2.24. The molecule has 3 N–H and O–H groups in total. The van der Waals surface area contributed by atoms with Crippen LogP contribution in [0.4, 0.5) is 0 Å². The number of amides is 1. The van der Waals surface area contributed by atoms with E-state index >= 15 is 0 Å². The average molecular weight is 326 g/mol. The molecule has 2 aromatic rings. The first kappa shape index (κ1) is 18.0. The maximum absolute atomic E-state index is 12.4. The summed E-state index contributed by atoms with van der Waals surface area (Å²) in [6.07, 6.45) is 1.56. The summed E-state index contributed by atoms with van der Waals surface area (Å²) < 4.78 is 5.49. The number of hydrogen-bond acceptors (Lipinski definition) is 3. The van der Waals surface area contributed by atoms with Crippen LogP contribution in [0.5, 0.6) is 5.75 Å². The van der Waals surface area contributed by atoms with Gasteiger partial charge in [-0.1, -0.05) is 55.8 Å². The van der Waals surface area contributed by atoms with Crippen molar-refractivity contribution in [1.29, 1.82) is 0 Å². The topological polar surface area (TPSA) is 64.4 Å². The zero-order valence-electron chi connectivity index (χ0n) is 14.4. The molecule has 128 valence electrons. The molecule has 0 aliphatic carbocycles. The van der Waals surface area contributed by atoms with Gasteiger partial charge in [-0.05, 0) is 36.6 Å². The fourth-order valence-corrected chi connectivity index (χ4v) is 2.62. The monoisotopic (exact) mass is 326 g/mol. The van der Waals surface area contributed by atoms with Crippen LogP contribution in [-0.4, -0.2) is 18.6 Å². The summed E-state index contributed by atoms with van der Waals surface area (Å²) >= 11 is 0. The number of carbonyl (C=O) groups is 1. The summed E-state index contributed by atoms with van der Waals surface area (Å²) in [5.74, 6) is 0.696. The van der Waals surface area contributed by atoms with Gasteiger partial charge in [-0.25, -0.2) is 0 Å². The van der Waals surface area contributed by atoms with Crippen LogP contribution < -0.4 is 15.8 Å². The molecule has 0 radical (unpaired) electrons. The molecule has 0 fully saturated rings. The molecule has 0 aliphatic rings. The Morgan fingerprint density at radius 1 is 1.04 bits per heavy atom. The van der Waals surface area contributed by atoms with E-state index in [9.17, 15) is 4.79 Å². The predicted molar refractivity (Wildman–Crippen MR) is 96.9 cm³/mol. The predicted octanol–water partition coefficient (Wildman–Crippen LogP) is 3.42. The van der Waals surface area contributed by atoms with Crippen LogP contribution in [0, 0.1) is 0 Å². The van der Waals surface area contributed by atoms with Gasteiger partial charge in [0.15, 0.2) is 0 Å². The molecule has 0 saturated carbocycles. The molecule has 4 nitrogen and oxygen atoms in total. The Morgan fingerprint density at radius 2 is 1.67 bits per heavy atom. The largest absolute Gasteiger partial charge is 0.494 e. The number of ether oxygens (including phenoxy) is 1. The fraction of sp³-hybridized carbons (Fsp3) is 0.350. The van der Waals surface area contributed by atoms with Crippen molar-refractivity contribution < 1.29 is 9.53 Å². The zero-order valence-corrected chi connectivity index (χ0v) is 14.4. The number of hydrogen-bond donors (Lipinski definition) is 2. The summed E-state index contributed by atoms with van der Waals surface area (Å²) in [6, 6.07) is 17.0. The SMILES string of the molecule is CCCC(N)C(=O)NC(c1ccccc1)c1ccc(OCC)cc1. The van der Waals surface area contributed by atoms with Crippen molar-refractivity contribution in [3.63, 3.8) is 0 Å². The van der Waals surface area contributed by atoms with Crippen molar-refractivity contribution in [3.8, 4) is 5.75 Å². The van der Waals surface area contributed by atoms with Gasteiger partial charge in [0.2, 0.25) is 5.91 Å². The highest BCUT2D eigenvalue weighted by Gasteiger charge is 2.20. The van der Waals surface area contributed by atoms with Gasteiger partial charge in [-0.2, -0.15) is 0 Å². The van der Waals surface area contributed by atoms with Crippen molar-refractivity contribution in [1.82, 2.24) is 5.32 Å². The molecule has 2 atom stereocenters. The quantitative estimate of drug-likeness (QED) is 0.781. The van der Waals surface area contributed by atoms with E-state index in [2.05, 4.69) is 5.32 Å². The second kappa shape index (κ2) is 9.08. The summed E-state index contributed by atoms with van der Waals surface area (Å²) in [5.41, 5.74) is 7.99. The molecule has 0 aromatic heterocycles. The van der Waals surface area contributed by atoms with E-state index < -0.39 is 6.04 Å². The molecular weight excluding hydrogens is 300 g/mol. The molecule has 2 unspecified atom stereocenters. The molecule has 0 spiro atoms. The standard InChI is InChI=1S/C20H26N2O2/c1-3-8-18(21)20(23)22-19(15-9-6-5-7-10-15)16-11-13-17(14-12-16)24-4-2/h5-7,9-14,18-19H,3-4,8,21H2,1-2H3,(H,22,23). The maximum Gasteiger partial charge on any atom is 0.237 e. The van der Waals surface area contributed by atoms with Crippen LogP contribution in [0.2, 0.25) is 0 Å². The van der Waals surface area contributed by atoms with E-state index in [1.54, 1.807) is 0 Å². The molecular formula is C20H26N2O2. The van der Waals surface area contributed by atoms with Crippen molar-refractivity contribution in [2.45, 2.75) is 38.8 Å². The molecule has 0 aliphatic heterocycles. The smallest absolute Gasteiger partial charge is 0.237 e. The van der Waals surface area contributed by atoms with Gasteiger partial charge in [0.05, 0.1) is 18.7 Å². The molecule has 4 heteroatoms. The second-order valence-corrected chi connectivity index (χ2v) is 5.75. The molecule has 1 amide bonds. The maximum atomic E-state index is 12.4. The van der Waals surface area contributed by atoms with Gasteiger partial charge >= 0.3 is 0 Å². The minimum absolute atomic E-state index is 0.125. The van der Waals surface area contributed by atoms with Gasteiger partial charge < -0.3 is 15.8 Å². The molecule has 0 heterocycles. The molecule has 24 heavy (non-hydrogen) atoms.